The fraction of sp³-hybridized carbons (Fsp3) is 0.739. The molecule has 0 heterocycles. The number of halogens is 3. The lowest BCUT2D eigenvalue weighted by atomic mass is 9.57. The van der Waals surface area contributed by atoms with Crippen LogP contribution in [0.1, 0.15) is 95.5 Å². The molecule has 1 aliphatic rings. The average molecular weight is 395 g/mol. The molecule has 1 saturated carbocycles. The highest BCUT2D eigenvalue weighted by Gasteiger charge is 2.30. The summed E-state index contributed by atoms with van der Waals surface area (Å²) in [6.45, 7) is 0. The molecule has 157 valence electrons. The standard InChI is InChI=1S/C23H35BF3O/c25-23(26,27)28-22-17-15-20(16-18-22)19-24-21-13-11-9-7-5-3-1-2-4-6-8-10-12-14-21/h15-18,21H,1-14,19H2. The topological polar surface area (TPSA) is 9.23 Å². The van der Waals surface area contributed by atoms with Gasteiger partial charge in [0.2, 0.25) is 0 Å². The first kappa shape index (κ1) is 23.2. The van der Waals surface area contributed by atoms with Gasteiger partial charge in [-0.3, -0.25) is 0 Å². The Kier molecular flexibility index (Phi) is 10.9. The lowest BCUT2D eigenvalue weighted by Gasteiger charge is -2.16. The molecular formula is C23H35BF3O. The lowest BCUT2D eigenvalue weighted by Crippen LogP contribution is -2.17. The van der Waals surface area contributed by atoms with E-state index >= 15 is 0 Å². The first-order chi connectivity index (χ1) is 13.5. The summed E-state index contributed by atoms with van der Waals surface area (Å²) in [4.78, 5) is 0. The van der Waals surface area contributed by atoms with Crippen molar-refractivity contribution in [2.45, 2.75) is 108 Å². The Morgan fingerprint density at radius 2 is 1.14 bits per heavy atom. The monoisotopic (exact) mass is 395 g/mol. The van der Waals surface area contributed by atoms with Gasteiger partial charge in [-0.05, 0) is 12.1 Å². The van der Waals surface area contributed by atoms with Gasteiger partial charge in [0.1, 0.15) is 13.0 Å². The van der Waals surface area contributed by atoms with Crippen molar-refractivity contribution >= 4 is 7.28 Å². The largest absolute Gasteiger partial charge is 0.573 e. The molecule has 1 fully saturated rings. The summed E-state index contributed by atoms with van der Waals surface area (Å²) in [6, 6.07) is 6.30. The molecule has 0 spiro atoms. The Hall–Kier alpha value is -1.13. The summed E-state index contributed by atoms with van der Waals surface area (Å²) < 4.78 is 40.7. The molecule has 5 heteroatoms. The van der Waals surface area contributed by atoms with Gasteiger partial charge >= 0.3 is 6.36 Å². The molecule has 1 radical (unpaired) electrons. The number of hydrogen-bond acceptors (Lipinski definition) is 1. The molecule has 0 N–H and O–H groups in total. The third kappa shape index (κ3) is 11.0. The number of alkyl halides is 3. The van der Waals surface area contributed by atoms with Gasteiger partial charge in [-0.1, -0.05) is 120 Å². The summed E-state index contributed by atoms with van der Waals surface area (Å²) in [5.41, 5.74) is 1.05. The second-order valence-corrected chi connectivity index (χ2v) is 8.21. The molecule has 0 bridgehead atoms. The molecule has 1 aromatic rings. The van der Waals surface area contributed by atoms with E-state index in [2.05, 4.69) is 12.0 Å². The summed E-state index contributed by atoms with van der Waals surface area (Å²) in [6.07, 6.45) is 15.0. The van der Waals surface area contributed by atoms with Crippen molar-refractivity contribution in [2.24, 2.45) is 0 Å². The number of hydrogen-bond donors (Lipinski definition) is 0. The Morgan fingerprint density at radius 1 is 0.714 bits per heavy atom. The molecule has 0 atom stereocenters. The summed E-state index contributed by atoms with van der Waals surface area (Å²) in [7, 11) is 2.39. The van der Waals surface area contributed by atoms with Crippen LogP contribution >= 0.6 is 0 Å². The predicted molar refractivity (Wildman–Crippen MR) is 111 cm³/mol. The van der Waals surface area contributed by atoms with E-state index in [9.17, 15) is 13.2 Å². The molecule has 0 aliphatic heterocycles. The van der Waals surface area contributed by atoms with Crippen molar-refractivity contribution in [2.75, 3.05) is 0 Å². The van der Waals surface area contributed by atoms with Gasteiger partial charge in [-0.25, -0.2) is 0 Å². The van der Waals surface area contributed by atoms with Crippen molar-refractivity contribution in [1.29, 1.82) is 0 Å². The first-order valence-electron chi connectivity index (χ1n) is 11.2. The third-order valence-corrected chi connectivity index (χ3v) is 5.74. The van der Waals surface area contributed by atoms with Crippen LogP contribution in [0.5, 0.6) is 5.75 Å². The van der Waals surface area contributed by atoms with Crippen LogP contribution in [-0.2, 0) is 6.32 Å². The minimum atomic E-state index is -4.63. The predicted octanol–water partition coefficient (Wildman–Crippen LogP) is 8.05. The molecule has 28 heavy (non-hydrogen) atoms. The van der Waals surface area contributed by atoms with E-state index in [4.69, 9.17) is 0 Å². The maximum atomic E-state index is 12.3. The van der Waals surface area contributed by atoms with E-state index in [1.54, 1.807) is 12.1 Å². The average Bonchev–Trinajstić information content (AvgIpc) is 2.66. The third-order valence-electron chi connectivity index (χ3n) is 5.74. The fourth-order valence-electron chi connectivity index (χ4n) is 4.09. The van der Waals surface area contributed by atoms with Gasteiger partial charge in [-0.2, -0.15) is 0 Å². The zero-order valence-electron chi connectivity index (χ0n) is 17.1. The highest BCUT2D eigenvalue weighted by Crippen LogP contribution is 2.26. The molecule has 2 rings (SSSR count). The highest BCUT2D eigenvalue weighted by atomic mass is 19.4. The first-order valence-corrected chi connectivity index (χ1v) is 11.2. The van der Waals surface area contributed by atoms with E-state index in [0.717, 1.165) is 11.9 Å². The zero-order valence-corrected chi connectivity index (χ0v) is 17.1. The molecule has 1 aliphatic carbocycles. The second kappa shape index (κ2) is 13.2. The molecule has 0 unspecified atom stereocenters. The SMILES string of the molecule is FC(F)(F)Oc1ccc(C[B]C2CCCCCCCCCCCCCC2)cc1. The maximum Gasteiger partial charge on any atom is 0.573 e. The normalized spacial score (nSPS) is 19.4. The van der Waals surface area contributed by atoms with Gasteiger partial charge in [0.25, 0.3) is 0 Å². The van der Waals surface area contributed by atoms with Gasteiger partial charge in [0.05, 0.1) is 0 Å². The van der Waals surface area contributed by atoms with Crippen LogP contribution in [0.2, 0.25) is 5.82 Å². The molecule has 0 saturated heterocycles. The maximum absolute atomic E-state index is 12.3. The minimum absolute atomic E-state index is 0.148. The van der Waals surface area contributed by atoms with Crippen LogP contribution in [0.4, 0.5) is 13.2 Å². The molecular weight excluding hydrogens is 360 g/mol. The molecule has 1 nitrogen and oxygen atoms in total. The Balaban J connectivity index is 1.77. The van der Waals surface area contributed by atoms with Crippen LogP contribution in [0.15, 0.2) is 24.3 Å². The van der Waals surface area contributed by atoms with Crippen molar-refractivity contribution in [3.05, 3.63) is 29.8 Å². The van der Waals surface area contributed by atoms with E-state index in [-0.39, 0.29) is 5.75 Å². The zero-order chi connectivity index (χ0) is 20.1. The Morgan fingerprint density at radius 3 is 1.57 bits per heavy atom. The lowest BCUT2D eigenvalue weighted by molar-refractivity contribution is -0.274. The number of benzene rings is 1. The van der Waals surface area contributed by atoms with Gasteiger partial charge in [0.15, 0.2) is 0 Å². The van der Waals surface area contributed by atoms with Gasteiger partial charge in [0, 0.05) is 0 Å². The fourth-order valence-corrected chi connectivity index (χ4v) is 4.09. The number of rotatable bonds is 4. The second-order valence-electron chi connectivity index (χ2n) is 8.21. The quantitative estimate of drug-likeness (QED) is 0.469. The van der Waals surface area contributed by atoms with E-state index in [0.29, 0.717) is 5.82 Å². The van der Waals surface area contributed by atoms with Crippen molar-refractivity contribution in [3.8, 4) is 5.75 Å². The van der Waals surface area contributed by atoms with E-state index in [1.807, 2.05) is 0 Å². The van der Waals surface area contributed by atoms with Crippen LogP contribution in [0.25, 0.3) is 0 Å². The number of ether oxygens (including phenoxy) is 1. The Bertz CT molecular complexity index is 500. The Labute approximate surface area is 169 Å². The summed E-state index contributed by atoms with van der Waals surface area (Å²) in [5.74, 6) is 0.474. The van der Waals surface area contributed by atoms with Crippen molar-refractivity contribution < 1.29 is 17.9 Å². The van der Waals surface area contributed by atoms with Crippen molar-refractivity contribution in [1.82, 2.24) is 0 Å². The molecule has 0 amide bonds. The minimum Gasteiger partial charge on any atom is -0.406 e. The summed E-state index contributed by atoms with van der Waals surface area (Å²) >= 11 is 0. The smallest absolute Gasteiger partial charge is 0.406 e. The highest BCUT2D eigenvalue weighted by molar-refractivity contribution is 6.37. The van der Waals surface area contributed by atoms with Gasteiger partial charge in [-0.15, -0.1) is 13.2 Å². The summed E-state index contributed by atoms with van der Waals surface area (Å²) in [5, 5.41) is 0. The van der Waals surface area contributed by atoms with E-state index < -0.39 is 6.36 Å². The molecule has 1 aromatic carbocycles. The van der Waals surface area contributed by atoms with Crippen LogP contribution in [-0.4, -0.2) is 13.6 Å². The van der Waals surface area contributed by atoms with Gasteiger partial charge < -0.3 is 4.74 Å². The van der Waals surface area contributed by atoms with Crippen LogP contribution < -0.4 is 4.74 Å². The van der Waals surface area contributed by atoms with Crippen molar-refractivity contribution in [3.63, 3.8) is 0 Å². The van der Waals surface area contributed by atoms with Crippen LogP contribution in [0.3, 0.4) is 0 Å². The van der Waals surface area contributed by atoms with E-state index in [1.165, 1.54) is 102 Å². The molecule has 0 aromatic heterocycles. The van der Waals surface area contributed by atoms with Crippen LogP contribution in [0, 0.1) is 0 Å².